The molecular weight excluding hydrogens is 420 g/mol. The third kappa shape index (κ3) is 4.79. The third-order valence-corrected chi connectivity index (χ3v) is 6.02. The Morgan fingerprint density at radius 3 is 1.97 bits per heavy atom. The highest BCUT2D eigenvalue weighted by Gasteiger charge is 2.20. The molecule has 4 aromatic carbocycles. The summed E-state index contributed by atoms with van der Waals surface area (Å²) in [7, 11) is 3.40. The minimum Gasteiger partial charge on any atom is -0.496 e. The Hall–Kier alpha value is -3.72. The molecule has 0 atom stereocenters. The van der Waals surface area contributed by atoms with Gasteiger partial charge in [-0.05, 0) is 96.6 Å². The minimum absolute atomic E-state index is 0.800. The van der Waals surface area contributed by atoms with E-state index in [1.54, 1.807) is 14.2 Å². The summed E-state index contributed by atoms with van der Waals surface area (Å²) in [6.45, 7) is 6.32. The molecule has 173 valence electrons. The Kier molecular flexibility index (Phi) is 7.22. The molecule has 0 amide bonds. The normalized spacial score (nSPS) is 10.7. The largest absolute Gasteiger partial charge is 0.496 e. The SMILES string of the molecule is CCCc1[c]cc(-c2ccc(OC)c(C)c2)c(Oc2ccccc2)c1-c1ccc(OC)c(C)c1. The standard InChI is InChI=1S/C31H31O3/c1-6-10-23-13-16-27(24-14-17-28(32-4)21(2)19-24)31(34-26-11-8-7-9-12-26)30(23)25-15-18-29(33-5)22(3)20-25/h7-9,11-12,14-20H,6,10H2,1-5H3. The molecule has 0 unspecified atom stereocenters. The zero-order valence-electron chi connectivity index (χ0n) is 20.6. The molecule has 0 spiro atoms. The third-order valence-electron chi connectivity index (χ3n) is 6.02. The van der Waals surface area contributed by atoms with Gasteiger partial charge in [-0.3, -0.25) is 0 Å². The van der Waals surface area contributed by atoms with Gasteiger partial charge in [-0.2, -0.15) is 0 Å². The quantitative estimate of drug-likeness (QED) is 0.270. The van der Waals surface area contributed by atoms with Crippen LogP contribution in [0.15, 0.2) is 72.8 Å². The molecule has 0 saturated carbocycles. The van der Waals surface area contributed by atoms with E-state index in [-0.39, 0.29) is 0 Å². The first-order valence-electron chi connectivity index (χ1n) is 11.7. The molecule has 0 aliphatic carbocycles. The number of benzene rings is 4. The Labute approximate surface area is 202 Å². The van der Waals surface area contributed by atoms with Gasteiger partial charge in [0.1, 0.15) is 23.0 Å². The number of hydrogen-bond acceptors (Lipinski definition) is 3. The van der Waals surface area contributed by atoms with Crippen LogP contribution in [0.2, 0.25) is 0 Å². The van der Waals surface area contributed by atoms with Crippen molar-refractivity contribution in [2.45, 2.75) is 33.6 Å². The number of para-hydroxylation sites is 1. The predicted octanol–water partition coefficient (Wildman–Crippen LogP) is 8.20. The van der Waals surface area contributed by atoms with E-state index < -0.39 is 0 Å². The van der Waals surface area contributed by atoms with E-state index in [9.17, 15) is 0 Å². The first-order chi connectivity index (χ1) is 16.5. The fourth-order valence-corrected chi connectivity index (χ4v) is 4.33. The van der Waals surface area contributed by atoms with Crippen molar-refractivity contribution in [3.05, 3.63) is 95.6 Å². The van der Waals surface area contributed by atoms with Crippen LogP contribution >= 0.6 is 0 Å². The summed E-state index contributed by atoms with van der Waals surface area (Å²) >= 11 is 0. The lowest BCUT2D eigenvalue weighted by Gasteiger charge is -2.21. The highest BCUT2D eigenvalue weighted by molar-refractivity contribution is 5.85. The molecule has 0 bridgehead atoms. The summed E-state index contributed by atoms with van der Waals surface area (Å²) in [6.07, 6.45) is 1.93. The Balaban J connectivity index is 1.99. The van der Waals surface area contributed by atoms with Crippen LogP contribution in [0.4, 0.5) is 0 Å². The Morgan fingerprint density at radius 1 is 0.765 bits per heavy atom. The number of ether oxygens (including phenoxy) is 3. The highest BCUT2D eigenvalue weighted by Crippen LogP contribution is 2.45. The maximum absolute atomic E-state index is 6.65. The van der Waals surface area contributed by atoms with E-state index in [4.69, 9.17) is 14.2 Å². The first-order valence-corrected chi connectivity index (χ1v) is 11.7. The van der Waals surface area contributed by atoms with E-state index in [2.05, 4.69) is 57.2 Å². The molecule has 0 saturated heterocycles. The lowest BCUT2D eigenvalue weighted by molar-refractivity contribution is 0.411. The monoisotopic (exact) mass is 451 g/mol. The highest BCUT2D eigenvalue weighted by atomic mass is 16.5. The van der Waals surface area contributed by atoms with E-state index >= 15 is 0 Å². The minimum atomic E-state index is 0.800. The molecule has 0 heterocycles. The van der Waals surface area contributed by atoms with Gasteiger partial charge in [-0.25, -0.2) is 0 Å². The molecule has 1 radical (unpaired) electrons. The second-order valence-corrected chi connectivity index (χ2v) is 8.42. The Morgan fingerprint density at radius 2 is 1.38 bits per heavy atom. The maximum Gasteiger partial charge on any atom is 0.143 e. The van der Waals surface area contributed by atoms with Gasteiger partial charge in [0.15, 0.2) is 0 Å². The molecule has 3 heteroatoms. The average molecular weight is 452 g/mol. The Bertz CT molecular complexity index is 1280. The lowest BCUT2D eigenvalue weighted by atomic mass is 9.90. The summed E-state index contributed by atoms with van der Waals surface area (Å²) in [5.74, 6) is 3.38. The van der Waals surface area contributed by atoms with Crippen LogP contribution in [0.1, 0.15) is 30.0 Å². The second-order valence-electron chi connectivity index (χ2n) is 8.42. The molecule has 0 aliphatic rings. The van der Waals surface area contributed by atoms with Crippen molar-refractivity contribution in [1.82, 2.24) is 0 Å². The zero-order chi connectivity index (χ0) is 24.1. The lowest BCUT2D eigenvalue weighted by Crippen LogP contribution is -1.99. The van der Waals surface area contributed by atoms with Crippen molar-refractivity contribution >= 4 is 0 Å². The smallest absolute Gasteiger partial charge is 0.143 e. The fourth-order valence-electron chi connectivity index (χ4n) is 4.33. The number of hydrogen-bond donors (Lipinski definition) is 0. The van der Waals surface area contributed by atoms with E-state index in [0.717, 1.165) is 74.8 Å². The van der Waals surface area contributed by atoms with E-state index in [1.165, 1.54) is 0 Å². The number of methoxy groups -OCH3 is 2. The zero-order valence-corrected chi connectivity index (χ0v) is 20.6. The molecule has 0 N–H and O–H groups in total. The van der Waals surface area contributed by atoms with E-state index in [1.807, 2.05) is 42.5 Å². The van der Waals surface area contributed by atoms with Gasteiger partial charge in [-0.1, -0.05) is 43.7 Å². The summed E-state index contributed by atoms with van der Waals surface area (Å²) in [5, 5.41) is 0. The van der Waals surface area contributed by atoms with Crippen LogP contribution in [-0.4, -0.2) is 14.2 Å². The molecule has 0 aliphatic heterocycles. The van der Waals surface area contributed by atoms with Gasteiger partial charge in [-0.15, -0.1) is 0 Å². The van der Waals surface area contributed by atoms with Gasteiger partial charge < -0.3 is 14.2 Å². The topological polar surface area (TPSA) is 27.7 Å². The average Bonchev–Trinajstić information content (AvgIpc) is 2.85. The first kappa shape index (κ1) is 23.4. The van der Waals surface area contributed by atoms with Gasteiger partial charge >= 0.3 is 0 Å². The van der Waals surface area contributed by atoms with Gasteiger partial charge in [0.25, 0.3) is 0 Å². The molecule has 3 nitrogen and oxygen atoms in total. The molecule has 4 rings (SSSR count). The molecular formula is C31H31O3. The summed E-state index contributed by atoms with van der Waals surface area (Å²) in [4.78, 5) is 0. The van der Waals surface area contributed by atoms with Gasteiger partial charge in [0, 0.05) is 11.1 Å². The maximum atomic E-state index is 6.65. The van der Waals surface area contributed by atoms with Crippen LogP contribution in [-0.2, 0) is 6.42 Å². The number of aryl methyl sites for hydroxylation is 3. The van der Waals surface area contributed by atoms with Crippen LogP contribution in [0.3, 0.4) is 0 Å². The van der Waals surface area contributed by atoms with Crippen LogP contribution in [0.25, 0.3) is 22.3 Å². The van der Waals surface area contributed by atoms with Crippen molar-refractivity contribution in [3.63, 3.8) is 0 Å². The van der Waals surface area contributed by atoms with Crippen molar-refractivity contribution in [1.29, 1.82) is 0 Å². The van der Waals surface area contributed by atoms with Gasteiger partial charge in [0.05, 0.1) is 14.2 Å². The van der Waals surface area contributed by atoms with Crippen molar-refractivity contribution in [2.24, 2.45) is 0 Å². The summed E-state index contributed by atoms with van der Waals surface area (Å²) < 4.78 is 17.7. The van der Waals surface area contributed by atoms with Crippen LogP contribution in [0, 0.1) is 19.9 Å². The molecule has 0 aromatic heterocycles. The van der Waals surface area contributed by atoms with Gasteiger partial charge in [0.2, 0.25) is 0 Å². The summed E-state index contributed by atoms with van der Waals surface area (Å²) in [6, 6.07) is 28.1. The van der Waals surface area contributed by atoms with E-state index in [0.29, 0.717) is 0 Å². The molecule has 34 heavy (non-hydrogen) atoms. The second kappa shape index (κ2) is 10.5. The molecule has 4 aromatic rings. The van der Waals surface area contributed by atoms with Crippen molar-refractivity contribution in [2.75, 3.05) is 14.2 Å². The fraction of sp³-hybridized carbons (Fsp3) is 0.226. The predicted molar refractivity (Wildman–Crippen MR) is 139 cm³/mol. The van der Waals surface area contributed by atoms with Crippen molar-refractivity contribution < 1.29 is 14.2 Å². The van der Waals surface area contributed by atoms with Crippen LogP contribution < -0.4 is 14.2 Å². The van der Waals surface area contributed by atoms with Crippen LogP contribution in [0.5, 0.6) is 23.0 Å². The molecule has 0 fully saturated rings. The number of rotatable bonds is 8. The summed E-state index contributed by atoms with van der Waals surface area (Å²) in [5.41, 5.74) is 7.53. The van der Waals surface area contributed by atoms with Crippen molar-refractivity contribution in [3.8, 4) is 45.3 Å².